The summed E-state index contributed by atoms with van der Waals surface area (Å²) in [6, 6.07) is 1.77. The van der Waals surface area contributed by atoms with Gasteiger partial charge in [-0.05, 0) is 25.0 Å². The number of nitrogen functional groups attached to an aromatic ring is 1. The summed E-state index contributed by atoms with van der Waals surface area (Å²) in [7, 11) is 1.60. The van der Waals surface area contributed by atoms with Crippen LogP contribution in [0.3, 0.4) is 0 Å². The molecule has 4 nitrogen and oxygen atoms in total. The van der Waals surface area contributed by atoms with E-state index in [1.165, 1.54) is 0 Å². The van der Waals surface area contributed by atoms with Crippen LogP contribution < -0.4 is 11.1 Å². The van der Waals surface area contributed by atoms with Crippen LogP contribution in [0.1, 0.15) is 18.4 Å². The molecule has 1 rings (SSSR count). The third-order valence-corrected chi connectivity index (χ3v) is 2.25. The quantitative estimate of drug-likeness (QED) is 0.774. The number of unbranched alkanes of at least 4 members (excludes halogenated alkanes) is 1. The van der Waals surface area contributed by atoms with Crippen LogP contribution in [0, 0.1) is 0 Å². The molecule has 0 atom stereocenters. The highest BCUT2D eigenvalue weighted by Gasteiger charge is 2.31. The van der Waals surface area contributed by atoms with Gasteiger partial charge in [-0.2, -0.15) is 13.2 Å². The largest absolute Gasteiger partial charge is 0.416 e. The van der Waals surface area contributed by atoms with Crippen molar-refractivity contribution in [2.24, 2.45) is 0 Å². The summed E-state index contributed by atoms with van der Waals surface area (Å²) in [5.74, 6) is -0.0102. The molecule has 18 heavy (non-hydrogen) atoms. The van der Waals surface area contributed by atoms with Crippen LogP contribution in [-0.4, -0.2) is 25.2 Å². The van der Waals surface area contributed by atoms with Crippen molar-refractivity contribution >= 4 is 11.6 Å². The number of anilines is 2. The molecular formula is C11H16F3N3O. The van der Waals surface area contributed by atoms with Crippen LogP contribution in [0.5, 0.6) is 0 Å². The third-order valence-electron chi connectivity index (χ3n) is 2.25. The van der Waals surface area contributed by atoms with E-state index in [4.69, 9.17) is 10.5 Å². The number of hydrogen-bond donors (Lipinski definition) is 2. The Kier molecular flexibility index (Phi) is 5.21. The van der Waals surface area contributed by atoms with Gasteiger partial charge in [0.2, 0.25) is 0 Å². The fraction of sp³-hybridized carbons (Fsp3) is 0.545. The van der Waals surface area contributed by atoms with Crippen LogP contribution in [0.25, 0.3) is 0 Å². The molecule has 1 aromatic heterocycles. The van der Waals surface area contributed by atoms with Crippen molar-refractivity contribution in [3.8, 4) is 0 Å². The summed E-state index contributed by atoms with van der Waals surface area (Å²) >= 11 is 0. The van der Waals surface area contributed by atoms with E-state index in [1.807, 2.05) is 0 Å². The maximum Gasteiger partial charge on any atom is 0.416 e. The standard InChI is InChI=1S/C11H16F3N3O/c1-18-5-3-2-4-16-10-7-8(11(12,13)14)6-9(15)17-10/h6-7H,2-5H2,1H3,(H3,15,16,17). The van der Waals surface area contributed by atoms with Gasteiger partial charge in [-0.1, -0.05) is 0 Å². The van der Waals surface area contributed by atoms with E-state index in [2.05, 4.69) is 10.3 Å². The highest BCUT2D eigenvalue weighted by Crippen LogP contribution is 2.31. The zero-order valence-electron chi connectivity index (χ0n) is 10.0. The molecule has 3 N–H and O–H groups in total. The lowest BCUT2D eigenvalue weighted by atomic mass is 10.2. The average Bonchev–Trinajstić information content (AvgIpc) is 2.27. The monoisotopic (exact) mass is 263 g/mol. The first-order valence-corrected chi connectivity index (χ1v) is 5.51. The Balaban J connectivity index is 2.58. The molecular weight excluding hydrogens is 247 g/mol. The van der Waals surface area contributed by atoms with E-state index < -0.39 is 11.7 Å². The van der Waals surface area contributed by atoms with Crippen molar-refractivity contribution in [2.45, 2.75) is 19.0 Å². The number of ether oxygens (including phenoxy) is 1. The van der Waals surface area contributed by atoms with Crippen molar-refractivity contribution < 1.29 is 17.9 Å². The van der Waals surface area contributed by atoms with Crippen molar-refractivity contribution in [1.82, 2.24) is 4.98 Å². The predicted octanol–water partition coefficient (Wildman–Crippen LogP) is 2.52. The van der Waals surface area contributed by atoms with Crippen molar-refractivity contribution in [2.75, 3.05) is 31.3 Å². The van der Waals surface area contributed by atoms with Crippen LogP contribution in [0.15, 0.2) is 12.1 Å². The molecule has 0 fully saturated rings. The van der Waals surface area contributed by atoms with E-state index in [-0.39, 0.29) is 11.6 Å². The van der Waals surface area contributed by atoms with Crippen molar-refractivity contribution in [3.63, 3.8) is 0 Å². The number of nitrogens with zero attached hydrogens (tertiary/aromatic N) is 1. The number of rotatable bonds is 6. The van der Waals surface area contributed by atoms with Gasteiger partial charge in [-0.3, -0.25) is 0 Å². The van der Waals surface area contributed by atoms with Crippen LogP contribution in [0.4, 0.5) is 24.8 Å². The Labute approximate surface area is 103 Å². The van der Waals surface area contributed by atoms with Gasteiger partial charge >= 0.3 is 6.18 Å². The smallest absolute Gasteiger partial charge is 0.385 e. The van der Waals surface area contributed by atoms with E-state index in [0.29, 0.717) is 13.2 Å². The van der Waals surface area contributed by atoms with E-state index in [9.17, 15) is 13.2 Å². The van der Waals surface area contributed by atoms with Gasteiger partial charge in [0, 0.05) is 20.3 Å². The first-order valence-electron chi connectivity index (χ1n) is 5.51. The second-order valence-corrected chi connectivity index (χ2v) is 3.79. The number of alkyl halides is 3. The lowest BCUT2D eigenvalue weighted by molar-refractivity contribution is -0.137. The highest BCUT2D eigenvalue weighted by molar-refractivity contribution is 5.47. The Morgan fingerprint density at radius 2 is 2.06 bits per heavy atom. The molecule has 1 aromatic rings. The number of aromatic nitrogens is 1. The molecule has 0 spiro atoms. The average molecular weight is 263 g/mol. The summed E-state index contributed by atoms with van der Waals surface area (Å²) in [6.07, 6.45) is -2.80. The van der Waals surface area contributed by atoms with Crippen molar-refractivity contribution in [1.29, 1.82) is 0 Å². The molecule has 0 saturated heterocycles. The van der Waals surface area contributed by atoms with Crippen LogP contribution >= 0.6 is 0 Å². The summed E-state index contributed by atoms with van der Waals surface area (Å²) in [5.41, 5.74) is 4.54. The summed E-state index contributed by atoms with van der Waals surface area (Å²) in [4.78, 5) is 3.80. The fourth-order valence-corrected chi connectivity index (χ4v) is 1.39. The Bertz CT molecular complexity index is 382. The minimum atomic E-state index is -4.41. The zero-order valence-corrected chi connectivity index (χ0v) is 10.0. The second kappa shape index (κ2) is 6.44. The van der Waals surface area contributed by atoms with Gasteiger partial charge in [-0.25, -0.2) is 4.98 Å². The van der Waals surface area contributed by atoms with E-state index in [0.717, 1.165) is 25.0 Å². The SMILES string of the molecule is COCCCCNc1cc(C(F)(F)F)cc(N)n1. The first kappa shape index (κ1) is 14.6. The molecule has 0 amide bonds. The van der Waals surface area contributed by atoms with Crippen molar-refractivity contribution in [3.05, 3.63) is 17.7 Å². The maximum atomic E-state index is 12.5. The highest BCUT2D eigenvalue weighted by atomic mass is 19.4. The minimum Gasteiger partial charge on any atom is -0.385 e. The van der Waals surface area contributed by atoms with Gasteiger partial charge in [0.1, 0.15) is 11.6 Å². The molecule has 1 heterocycles. The molecule has 0 radical (unpaired) electrons. The number of pyridine rings is 1. The normalized spacial score (nSPS) is 11.6. The van der Waals surface area contributed by atoms with Crippen LogP contribution in [0.2, 0.25) is 0 Å². The second-order valence-electron chi connectivity index (χ2n) is 3.79. The zero-order chi connectivity index (χ0) is 13.6. The molecule has 0 aliphatic heterocycles. The summed E-state index contributed by atoms with van der Waals surface area (Å²) in [6.45, 7) is 1.15. The number of methoxy groups -OCH3 is 1. The first-order chi connectivity index (χ1) is 8.43. The van der Waals surface area contributed by atoms with E-state index >= 15 is 0 Å². The molecule has 0 saturated carbocycles. The number of halogens is 3. The van der Waals surface area contributed by atoms with Gasteiger partial charge in [0.15, 0.2) is 0 Å². The Hall–Kier alpha value is -1.50. The van der Waals surface area contributed by atoms with Gasteiger partial charge in [0.25, 0.3) is 0 Å². The molecule has 0 aliphatic rings. The maximum absolute atomic E-state index is 12.5. The molecule has 7 heteroatoms. The fourth-order valence-electron chi connectivity index (χ4n) is 1.39. The topological polar surface area (TPSA) is 60.2 Å². The molecule has 0 bridgehead atoms. The predicted molar refractivity (Wildman–Crippen MR) is 63.3 cm³/mol. The molecule has 102 valence electrons. The summed E-state index contributed by atoms with van der Waals surface area (Å²) < 4.78 is 42.4. The Morgan fingerprint density at radius 1 is 1.33 bits per heavy atom. The van der Waals surface area contributed by atoms with Gasteiger partial charge < -0.3 is 15.8 Å². The van der Waals surface area contributed by atoms with Gasteiger partial charge in [0.05, 0.1) is 5.56 Å². The lowest BCUT2D eigenvalue weighted by Gasteiger charge is -2.11. The molecule has 0 unspecified atom stereocenters. The number of nitrogens with one attached hydrogen (secondary N) is 1. The molecule has 0 aliphatic carbocycles. The third kappa shape index (κ3) is 4.79. The lowest BCUT2D eigenvalue weighted by Crippen LogP contribution is -2.10. The minimum absolute atomic E-state index is 0.139. The number of hydrogen-bond acceptors (Lipinski definition) is 4. The summed E-state index contributed by atoms with van der Waals surface area (Å²) in [5, 5.41) is 2.81. The van der Waals surface area contributed by atoms with E-state index in [1.54, 1.807) is 7.11 Å². The van der Waals surface area contributed by atoms with Gasteiger partial charge in [-0.15, -0.1) is 0 Å². The Morgan fingerprint density at radius 3 is 2.67 bits per heavy atom. The molecule has 0 aromatic carbocycles. The number of nitrogens with two attached hydrogens (primary N) is 1. The van der Waals surface area contributed by atoms with Crippen LogP contribution in [-0.2, 0) is 10.9 Å².